The van der Waals surface area contributed by atoms with Crippen molar-refractivity contribution in [3.05, 3.63) is 23.8 Å². The summed E-state index contributed by atoms with van der Waals surface area (Å²) in [6, 6.07) is 0. The minimum atomic E-state index is -0.847. The Kier molecular flexibility index (Phi) is 3.47. The molecule has 0 aromatic carbocycles. The van der Waals surface area contributed by atoms with Crippen LogP contribution >= 0.6 is 0 Å². The van der Waals surface area contributed by atoms with Crippen LogP contribution in [0.5, 0.6) is 0 Å². The lowest BCUT2D eigenvalue weighted by molar-refractivity contribution is -0.132. The lowest BCUT2D eigenvalue weighted by Crippen LogP contribution is -2.00. The van der Waals surface area contributed by atoms with Gasteiger partial charge in [-0.25, -0.2) is 4.79 Å². The first-order valence-corrected chi connectivity index (χ1v) is 3.10. The Morgan fingerprint density at radius 2 is 2.10 bits per heavy atom. The van der Waals surface area contributed by atoms with E-state index >= 15 is 0 Å². The number of carbonyl (C=O) groups is 1. The van der Waals surface area contributed by atoms with Crippen LogP contribution in [-0.4, -0.2) is 11.1 Å². The Balaban J connectivity index is 4.42. The number of hydrogen-bond acceptors (Lipinski definition) is 1. The van der Waals surface area contributed by atoms with E-state index < -0.39 is 5.97 Å². The largest absolute Gasteiger partial charge is 0.478 e. The van der Waals surface area contributed by atoms with Crippen molar-refractivity contribution in [3.63, 3.8) is 0 Å². The zero-order chi connectivity index (χ0) is 8.15. The van der Waals surface area contributed by atoms with Gasteiger partial charge in [0, 0.05) is 5.57 Å². The molecule has 1 N–H and O–H groups in total. The lowest BCUT2D eigenvalue weighted by Gasteiger charge is -1.98. The molecule has 0 atom stereocenters. The van der Waals surface area contributed by atoms with Gasteiger partial charge >= 0.3 is 5.97 Å². The Labute approximate surface area is 60.9 Å². The fourth-order valence-electron chi connectivity index (χ4n) is 0.650. The van der Waals surface area contributed by atoms with Gasteiger partial charge in [0.2, 0.25) is 0 Å². The number of carboxylic acids is 1. The standard InChI is InChI=1S/C8H12O2/c1-4-5-7(6(2)3)8(9)10/h4H,1,5H2,2-3H3,(H,9,10). The van der Waals surface area contributed by atoms with Gasteiger partial charge in [-0.15, -0.1) is 6.58 Å². The number of aliphatic carboxylic acids is 1. The Morgan fingerprint density at radius 1 is 1.60 bits per heavy atom. The van der Waals surface area contributed by atoms with Crippen molar-refractivity contribution < 1.29 is 9.90 Å². The van der Waals surface area contributed by atoms with Gasteiger partial charge in [-0.1, -0.05) is 11.6 Å². The number of carboxylic acid groups (broad SMARTS) is 1. The minimum Gasteiger partial charge on any atom is -0.478 e. The van der Waals surface area contributed by atoms with E-state index in [1.54, 1.807) is 19.9 Å². The summed E-state index contributed by atoms with van der Waals surface area (Å²) in [5.41, 5.74) is 1.28. The molecule has 0 bridgehead atoms. The molecule has 0 rings (SSSR count). The van der Waals surface area contributed by atoms with E-state index in [0.29, 0.717) is 12.0 Å². The second-order valence-electron chi connectivity index (χ2n) is 2.28. The van der Waals surface area contributed by atoms with Crippen LogP contribution in [0.15, 0.2) is 23.8 Å². The average Bonchev–Trinajstić information content (AvgIpc) is 1.81. The molecule has 56 valence electrons. The minimum absolute atomic E-state index is 0.440. The van der Waals surface area contributed by atoms with Crippen LogP contribution in [-0.2, 0) is 4.79 Å². The summed E-state index contributed by atoms with van der Waals surface area (Å²) in [5, 5.41) is 8.57. The maximum Gasteiger partial charge on any atom is 0.331 e. The van der Waals surface area contributed by atoms with E-state index in [9.17, 15) is 4.79 Å². The highest BCUT2D eigenvalue weighted by Crippen LogP contribution is 2.07. The monoisotopic (exact) mass is 140 g/mol. The lowest BCUT2D eigenvalue weighted by atomic mass is 10.1. The van der Waals surface area contributed by atoms with Crippen molar-refractivity contribution in [2.24, 2.45) is 0 Å². The highest BCUT2D eigenvalue weighted by molar-refractivity contribution is 5.87. The third kappa shape index (κ3) is 2.49. The molecule has 0 saturated heterocycles. The topological polar surface area (TPSA) is 37.3 Å². The summed E-state index contributed by atoms with van der Waals surface area (Å²) < 4.78 is 0. The van der Waals surface area contributed by atoms with Crippen molar-refractivity contribution in [1.82, 2.24) is 0 Å². The SMILES string of the molecule is C=CCC(C(=O)O)=C(C)C. The number of allylic oxidation sites excluding steroid dienone is 2. The Morgan fingerprint density at radius 3 is 2.20 bits per heavy atom. The molecule has 2 heteroatoms. The molecule has 0 unspecified atom stereocenters. The maximum absolute atomic E-state index is 10.4. The van der Waals surface area contributed by atoms with Gasteiger partial charge < -0.3 is 5.11 Å². The first kappa shape index (κ1) is 8.95. The van der Waals surface area contributed by atoms with Crippen molar-refractivity contribution >= 4 is 5.97 Å². The van der Waals surface area contributed by atoms with Crippen LogP contribution in [0.4, 0.5) is 0 Å². The Hall–Kier alpha value is -1.05. The third-order valence-electron chi connectivity index (χ3n) is 1.21. The molecule has 0 spiro atoms. The number of hydrogen-bond donors (Lipinski definition) is 1. The molecule has 0 amide bonds. The van der Waals surface area contributed by atoms with Crippen LogP contribution in [0.1, 0.15) is 20.3 Å². The van der Waals surface area contributed by atoms with E-state index in [-0.39, 0.29) is 0 Å². The van der Waals surface area contributed by atoms with Crippen molar-refractivity contribution in [3.8, 4) is 0 Å². The van der Waals surface area contributed by atoms with Gasteiger partial charge in [0.25, 0.3) is 0 Å². The molecule has 0 radical (unpaired) electrons. The average molecular weight is 140 g/mol. The smallest absolute Gasteiger partial charge is 0.331 e. The van der Waals surface area contributed by atoms with Crippen molar-refractivity contribution in [2.75, 3.05) is 0 Å². The second-order valence-corrected chi connectivity index (χ2v) is 2.28. The maximum atomic E-state index is 10.4. The van der Waals surface area contributed by atoms with Crippen LogP contribution in [0.2, 0.25) is 0 Å². The molecule has 0 aliphatic rings. The quantitative estimate of drug-likeness (QED) is 0.480. The van der Waals surface area contributed by atoms with E-state index in [1.165, 1.54) is 0 Å². The molecular formula is C8H12O2. The number of rotatable bonds is 3. The fourth-order valence-corrected chi connectivity index (χ4v) is 0.650. The summed E-state index contributed by atoms with van der Waals surface area (Å²) in [4.78, 5) is 10.4. The summed E-state index contributed by atoms with van der Waals surface area (Å²) in [6.07, 6.45) is 2.04. The second kappa shape index (κ2) is 3.88. The molecule has 0 aliphatic heterocycles. The summed E-state index contributed by atoms with van der Waals surface area (Å²) in [7, 11) is 0. The normalized spacial score (nSPS) is 8.60. The van der Waals surface area contributed by atoms with Gasteiger partial charge in [-0.3, -0.25) is 0 Å². The van der Waals surface area contributed by atoms with Crippen LogP contribution < -0.4 is 0 Å². The van der Waals surface area contributed by atoms with Crippen molar-refractivity contribution in [1.29, 1.82) is 0 Å². The van der Waals surface area contributed by atoms with Gasteiger partial charge in [0.1, 0.15) is 0 Å². The summed E-state index contributed by atoms with van der Waals surface area (Å²) in [6.45, 7) is 7.04. The highest BCUT2D eigenvalue weighted by atomic mass is 16.4. The predicted octanol–water partition coefficient (Wildman–Crippen LogP) is 1.98. The fraction of sp³-hybridized carbons (Fsp3) is 0.375. The van der Waals surface area contributed by atoms with Gasteiger partial charge in [-0.05, 0) is 20.3 Å². The van der Waals surface area contributed by atoms with Gasteiger partial charge in [0.05, 0.1) is 0 Å². The van der Waals surface area contributed by atoms with Crippen LogP contribution in [0.25, 0.3) is 0 Å². The Bertz CT molecular complexity index is 174. The van der Waals surface area contributed by atoms with Crippen LogP contribution in [0.3, 0.4) is 0 Å². The van der Waals surface area contributed by atoms with E-state index in [1.807, 2.05) is 0 Å². The zero-order valence-corrected chi connectivity index (χ0v) is 6.35. The summed E-state index contributed by atoms with van der Waals surface area (Å²) in [5.74, 6) is -0.847. The zero-order valence-electron chi connectivity index (χ0n) is 6.35. The molecule has 0 saturated carbocycles. The molecule has 2 nitrogen and oxygen atoms in total. The molecule has 0 fully saturated rings. The van der Waals surface area contributed by atoms with Gasteiger partial charge in [-0.2, -0.15) is 0 Å². The third-order valence-corrected chi connectivity index (χ3v) is 1.21. The highest BCUT2D eigenvalue weighted by Gasteiger charge is 2.05. The van der Waals surface area contributed by atoms with Gasteiger partial charge in [0.15, 0.2) is 0 Å². The molecule has 0 aliphatic carbocycles. The summed E-state index contributed by atoms with van der Waals surface area (Å²) >= 11 is 0. The van der Waals surface area contributed by atoms with E-state index in [4.69, 9.17) is 5.11 Å². The van der Waals surface area contributed by atoms with Crippen molar-refractivity contribution in [2.45, 2.75) is 20.3 Å². The molecular weight excluding hydrogens is 128 g/mol. The predicted molar refractivity (Wildman–Crippen MR) is 40.8 cm³/mol. The van der Waals surface area contributed by atoms with E-state index in [2.05, 4.69) is 6.58 Å². The molecule has 0 heterocycles. The molecule has 0 aromatic heterocycles. The first-order chi connectivity index (χ1) is 4.59. The molecule has 10 heavy (non-hydrogen) atoms. The molecule has 0 aromatic rings. The van der Waals surface area contributed by atoms with Crippen LogP contribution in [0, 0.1) is 0 Å². The van der Waals surface area contributed by atoms with E-state index in [0.717, 1.165) is 5.57 Å². The first-order valence-electron chi connectivity index (χ1n) is 3.10.